The number of para-hydroxylation sites is 4. The molecular formula is C52H32N2O2. The Morgan fingerprint density at radius 2 is 0.964 bits per heavy atom. The van der Waals surface area contributed by atoms with Crippen LogP contribution in [-0.2, 0) is 0 Å². The molecule has 0 saturated heterocycles. The van der Waals surface area contributed by atoms with Gasteiger partial charge in [0, 0.05) is 54.8 Å². The highest BCUT2D eigenvalue weighted by atomic mass is 16.3. The highest BCUT2D eigenvalue weighted by molar-refractivity contribution is 6.19. The van der Waals surface area contributed by atoms with Crippen LogP contribution in [0, 0.1) is 0 Å². The first-order chi connectivity index (χ1) is 27.8. The van der Waals surface area contributed by atoms with Gasteiger partial charge in [-0.2, -0.15) is 0 Å². The summed E-state index contributed by atoms with van der Waals surface area (Å²) in [6, 6.07) is 68.9. The number of hydrogen-bond acceptors (Lipinski definition) is 3. The fourth-order valence-corrected chi connectivity index (χ4v) is 8.87. The van der Waals surface area contributed by atoms with Gasteiger partial charge in [-0.1, -0.05) is 121 Å². The molecule has 3 aromatic heterocycles. The minimum atomic E-state index is 0.853. The molecule has 0 unspecified atom stereocenters. The standard InChI is InChI=1S/C52H32N2O2/c1-2-12-39-33(11-1)25-32-44-50-38(16-10-22-49(50)56-51(39)44)34-23-26-35(27-24-34)53(47-20-9-17-43-42-15-5-8-21-48(42)55-52(43)47)36-28-30-37(31-29-36)54-45-18-6-3-13-40(45)41-14-4-7-19-46(41)54/h1-32H. The number of benzene rings is 9. The SMILES string of the molecule is c1ccc2c(c1)ccc1c2oc2cccc(-c3ccc(N(c4ccc(-n5c6ccccc6c6ccccc65)cc4)c4cccc5c4oc4ccccc45)cc3)c21. The Hall–Kier alpha value is -7.56. The second kappa shape index (κ2) is 12.0. The van der Waals surface area contributed by atoms with Crippen molar-refractivity contribution in [2.45, 2.75) is 0 Å². The predicted molar refractivity (Wildman–Crippen MR) is 233 cm³/mol. The first-order valence-corrected chi connectivity index (χ1v) is 19.0. The van der Waals surface area contributed by atoms with Gasteiger partial charge in [0.1, 0.15) is 16.7 Å². The van der Waals surface area contributed by atoms with Crippen LogP contribution in [0.2, 0.25) is 0 Å². The molecular weight excluding hydrogens is 685 g/mol. The molecule has 0 fully saturated rings. The maximum atomic E-state index is 6.63. The van der Waals surface area contributed by atoms with E-state index in [0.717, 1.165) is 83.1 Å². The lowest BCUT2D eigenvalue weighted by Gasteiger charge is -2.26. The maximum absolute atomic E-state index is 6.63. The van der Waals surface area contributed by atoms with Crippen LogP contribution in [0.4, 0.5) is 17.1 Å². The van der Waals surface area contributed by atoms with Crippen molar-refractivity contribution in [1.82, 2.24) is 4.57 Å². The second-order valence-corrected chi connectivity index (χ2v) is 14.5. The van der Waals surface area contributed by atoms with Crippen molar-refractivity contribution in [2.24, 2.45) is 0 Å². The van der Waals surface area contributed by atoms with Gasteiger partial charge >= 0.3 is 0 Å². The Morgan fingerprint density at radius 3 is 1.73 bits per heavy atom. The number of anilines is 3. The van der Waals surface area contributed by atoms with Crippen LogP contribution in [0.15, 0.2) is 203 Å². The van der Waals surface area contributed by atoms with Gasteiger partial charge in [0.25, 0.3) is 0 Å². The van der Waals surface area contributed by atoms with Crippen LogP contribution in [0.25, 0.3) is 93.3 Å². The van der Waals surface area contributed by atoms with Gasteiger partial charge in [-0.3, -0.25) is 0 Å². The molecule has 4 heteroatoms. The normalized spacial score (nSPS) is 11.9. The highest BCUT2D eigenvalue weighted by Gasteiger charge is 2.21. The quantitative estimate of drug-likeness (QED) is 0.178. The van der Waals surface area contributed by atoms with Crippen LogP contribution >= 0.6 is 0 Å². The number of aromatic nitrogens is 1. The van der Waals surface area contributed by atoms with E-state index < -0.39 is 0 Å². The summed E-state index contributed by atoms with van der Waals surface area (Å²) in [5.41, 5.74) is 12.3. The maximum Gasteiger partial charge on any atom is 0.159 e. The molecule has 9 aromatic carbocycles. The van der Waals surface area contributed by atoms with Gasteiger partial charge in [0.15, 0.2) is 5.58 Å². The van der Waals surface area contributed by atoms with E-state index in [0.29, 0.717) is 0 Å². The molecule has 56 heavy (non-hydrogen) atoms. The van der Waals surface area contributed by atoms with E-state index in [2.05, 4.69) is 191 Å². The molecule has 0 spiro atoms. The monoisotopic (exact) mass is 716 g/mol. The summed E-state index contributed by atoms with van der Waals surface area (Å²) >= 11 is 0. The van der Waals surface area contributed by atoms with Crippen molar-refractivity contribution in [3.8, 4) is 16.8 Å². The minimum absolute atomic E-state index is 0.853. The summed E-state index contributed by atoms with van der Waals surface area (Å²) in [6.45, 7) is 0. The van der Waals surface area contributed by atoms with Crippen molar-refractivity contribution in [3.63, 3.8) is 0 Å². The molecule has 0 radical (unpaired) electrons. The van der Waals surface area contributed by atoms with E-state index in [-0.39, 0.29) is 0 Å². The molecule has 262 valence electrons. The highest BCUT2D eigenvalue weighted by Crippen LogP contribution is 2.44. The van der Waals surface area contributed by atoms with E-state index in [1.165, 1.54) is 27.2 Å². The summed E-state index contributed by atoms with van der Waals surface area (Å²) in [5.74, 6) is 0. The Kier molecular flexibility index (Phi) is 6.60. The average molecular weight is 717 g/mol. The summed E-state index contributed by atoms with van der Waals surface area (Å²) in [7, 11) is 0. The molecule has 12 aromatic rings. The van der Waals surface area contributed by atoms with E-state index in [1.807, 2.05) is 12.1 Å². The summed E-state index contributed by atoms with van der Waals surface area (Å²) in [6.07, 6.45) is 0. The van der Waals surface area contributed by atoms with Gasteiger partial charge in [-0.25, -0.2) is 0 Å². The summed E-state index contributed by atoms with van der Waals surface area (Å²) < 4.78 is 15.5. The Balaban J connectivity index is 1.02. The largest absolute Gasteiger partial charge is 0.455 e. The van der Waals surface area contributed by atoms with Crippen LogP contribution in [0.1, 0.15) is 0 Å². The molecule has 0 bridgehead atoms. The second-order valence-electron chi connectivity index (χ2n) is 14.5. The van der Waals surface area contributed by atoms with Crippen molar-refractivity contribution in [2.75, 3.05) is 4.90 Å². The zero-order valence-corrected chi connectivity index (χ0v) is 30.2. The van der Waals surface area contributed by atoms with Crippen LogP contribution in [-0.4, -0.2) is 4.57 Å². The molecule has 0 saturated carbocycles. The van der Waals surface area contributed by atoms with Crippen LogP contribution in [0.3, 0.4) is 0 Å². The fourth-order valence-electron chi connectivity index (χ4n) is 8.87. The Bertz CT molecular complexity index is 3420. The van der Waals surface area contributed by atoms with Gasteiger partial charge in [-0.15, -0.1) is 0 Å². The number of fused-ring (bicyclic) bond motifs is 11. The van der Waals surface area contributed by atoms with E-state index in [4.69, 9.17) is 8.83 Å². The molecule has 0 N–H and O–H groups in total. The van der Waals surface area contributed by atoms with Crippen molar-refractivity contribution in [1.29, 1.82) is 0 Å². The third kappa shape index (κ3) is 4.53. The zero-order chi connectivity index (χ0) is 36.7. The average Bonchev–Trinajstić information content (AvgIpc) is 3.95. The molecule has 0 aliphatic rings. The lowest BCUT2D eigenvalue weighted by atomic mass is 9.98. The van der Waals surface area contributed by atoms with Gasteiger partial charge < -0.3 is 18.3 Å². The first kappa shape index (κ1) is 30.9. The Morgan fingerprint density at radius 1 is 0.375 bits per heavy atom. The van der Waals surface area contributed by atoms with Gasteiger partial charge in [-0.05, 0) is 89.3 Å². The first-order valence-electron chi connectivity index (χ1n) is 19.0. The van der Waals surface area contributed by atoms with Gasteiger partial charge in [0.05, 0.1) is 16.7 Å². The van der Waals surface area contributed by atoms with Crippen molar-refractivity contribution >= 4 is 93.5 Å². The molecule has 3 heterocycles. The molecule has 0 aliphatic carbocycles. The summed E-state index contributed by atoms with van der Waals surface area (Å²) in [5, 5.41) is 9.25. The van der Waals surface area contributed by atoms with Crippen molar-refractivity contribution in [3.05, 3.63) is 194 Å². The topological polar surface area (TPSA) is 34.5 Å². The Labute approximate surface area is 321 Å². The third-order valence-electron chi connectivity index (χ3n) is 11.4. The molecule has 0 aliphatic heterocycles. The van der Waals surface area contributed by atoms with E-state index >= 15 is 0 Å². The molecule has 4 nitrogen and oxygen atoms in total. The van der Waals surface area contributed by atoms with Crippen molar-refractivity contribution < 1.29 is 8.83 Å². The number of hydrogen-bond donors (Lipinski definition) is 0. The van der Waals surface area contributed by atoms with Crippen LogP contribution < -0.4 is 4.90 Å². The molecule has 0 atom stereocenters. The minimum Gasteiger partial charge on any atom is -0.455 e. The molecule has 0 amide bonds. The lowest BCUT2D eigenvalue weighted by Crippen LogP contribution is -2.10. The third-order valence-corrected chi connectivity index (χ3v) is 11.4. The number of furan rings is 2. The fraction of sp³-hybridized carbons (Fsp3) is 0. The lowest BCUT2D eigenvalue weighted by molar-refractivity contribution is 0.669. The van der Waals surface area contributed by atoms with Crippen LogP contribution in [0.5, 0.6) is 0 Å². The van der Waals surface area contributed by atoms with E-state index in [1.54, 1.807) is 0 Å². The zero-order valence-electron chi connectivity index (χ0n) is 30.2. The smallest absolute Gasteiger partial charge is 0.159 e. The van der Waals surface area contributed by atoms with E-state index in [9.17, 15) is 0 Å². The predicted octanol–water partition coefficient (Wildman–Crippen LogP) is 14.9. The number of nitrogens with zero attached hydrogens (tertiary/aromatic N) is 2. The number of rotatable bonds is 5. The van der Waals surface area contributed by atoms with Gasteiger partial charge in [0.2, 0.25) is 0 Å². The molecule has 12 rings (SSSR count). The summed E-state index contributed by atoms with van der Waals surface area (Å²) in [4.78, 5) is 2.31.